The van der Waals surface area contributed by atoms with Gasteiger partial charge in [0.15, 0.2) is 0 Å². The van der Waals surface area contributed by atoms with Gasteiger partial charge >= 0.3 is 0 Å². The molecule has 4 rings (SSSR count). The lowest BCUT2D eigenvalue weighted by Gasteiger charge is -2.08. The van der Waals surface area contributed by atoms with Crippen LogP contribution in [0.25, 0.3) is 33.5 Å². The second-order valence-electron chi connectivity index (χ2n) is 6.93. The minimum Gasteiger partial charge on any atom is -0.497 e. The molecule has 0 aliphatic rings. The highest BCUT2D eigenvalue weighted by atomic mass is 16.5. The van der Waals surface area contributed by atoms with Crippen LogP contribution in [0.4, 0.5) is 0 Å². The number of aryl methyl sites for hydroxylation is 1. The Morgan fingerprint density at radius 2 is 2.13 bits per heavy atom. The molecule has 0 bridgehead atoms. The first kappa shape index (κ1) is 20.1. The number of nitriles is 1. The van der Waals surface area contributed by atoms with Crippen molar-refractivity contribution in [1.82, 2.24) is 20.0 Å². The van der Waals surface area contributed by atoms with Crippen LogP contribution in [0.3, 0.4) is 0 Å². The lowest BCUT2D eigenvalue weighted by molar-refractivity contribution is 0.414. The molecule has 2 heterocycles. The average molecular weight is 412 g/mol. The van der Waals surface area contributed by atoms with Crippen molar-refractivity contribution in [3.8, 4) is 22.9 Å². The van der Waals surface area contributed by atoms with Crippen molar-refractivity contribution in [2.45, 2.75) is 6.54 Å². The van der Waals surface area contributed by atoms with E-state index in [0.29, 0.717) is 27.8 Å². The molecule has 0 aliphatic heterocycles. The van der Waals surface area contributed by atoms with Crippen molar-refractivity contribution in [2.24, 2.45) is 12.8 Å². The number of nitrogens with one attached hydrogen (secondary N) is 1. The summed E-state index contributed by atoms with van der Waals surface area (Å²) < 4.78 is 6.98. The number of aromatic nitrogens is 4. The van der Waals surface area contributed by atoms with Gasteiger partial charge in [0, 0.05) is 24.5 Å². The minimum absolute atomic E-state index is 0.199. The van der Waals surface area contributed by atoms with E-state index in [1.807, 2.05) is 43.4 Å². The highest BCUT2D eigenvalue weighted by Gasteiger charge is 2.14. The molecule has 8 nitrogen and oxygen atoms in total. The Balaban J connectivity index is 1.87. The van der Waals surface area contributed by atoms with E-state index in [2.05, 4.69) is 21.4 Å². The summed E-state index contributed by atoms with van der Waals surface area (Å²) in [6.07, 6.45) is 3.53. The van der Waals surface area contributed by atoms with E-state index >= 15 is 0 Å². The topological polar surface area (TPSA) is 123 Å². The van der Waals surface area contributed by atoms with E-state index in [9.17, 15) is 10.1 Å². The molecule has 0 amide bonds. The zero-order valence-corrected chi connectivity index (χ0v) is 17.1. The highest BCUT2D eigenvalue weighted by molar-refractivity contribution is 5.94. The van der Waals surface area contributed by atoms with Gasteiger partial charge in [-0.2, -0.15) is 15.5 Å². The SMILES string of the molecule is COc1cccc(/C(C#N)=C/c2c(-c3ccc4c(=O)[nH]nc(CN)c4c3)cnn2C)c1. The fraction of sp³-hybridized carbons (Fsp3) is 0.130. The Morgan fingerprint density at radius 3 is 2.87 bits per heavy atom. The summed E-state index contributed by atoms with van der Waals surface area (Å²) in [6, 6.07) is 15.1. The summed E-state index contributed by atoms with van der Waals surface area (Å²) in [7, 11) is 3.40. The van der Waals surface area contributed by atoms with Crippen LogP contribution in [0.5, 0.6) is 5.75 Å². The van der Waals surface area contributed by atoms with Gasteiger partial charge in [-0.05, 0) is 41.5 Å². The van der Waals surface area contributed by atoms with E-state index in [0.717, 1.165) is 22.4 Å². The quantitative estimate of drug-likeness (QED) is 0.486. The average Bonchev–Trinajstić information content (AvgIpc) is 3.17. The molecule has 0 spiro atoms. The van der Waals surface area contributed by atoms with Crippen molar-refractivity contribution >= 4 is 22.4 Å². The van der Waals surface area contributed by atoms with Gasteiger partial charge in [-0.25, -0.2) is 5.10 Å². The Hall–Kier alpha value is -4.22. The second kappa shape index (κ2) is 8.26. The van der Waals surface area contributed by atoms with Crippen LogP contribution < -0.4 is 16.0 Å². The normalized spacial score (nSPS) is 11.5. The highest BCUT2D eigenvalue weighted by Crippen LogP contribution is 2.30. The maximum absolute atomic E-state index is 12.1. The Bertz CT molecular complexity index is 1410. The van der Waals surface area contributed by atoms with Crippen LogP contribution in [0.1, 0.15) is 17.0 Å². The fourth-order valence-electron chi connectivity index (χ4n) is 3.49. The molecule has 0 saturated heterocycles. The molecule has 3 N–H and O–H groups in total. The van der Waals surface area contributed by atoms with E-state index in [4.69, 9.17) is 10.5 Å². The molecule has 0 aliphatic carbocycles. The summed E-state index contributed by atoms with van der Waals surface area (Å²) in [5, 5.41) is 21.9. The zero-order valence-electron chi connectivity index (χ0n) is 17.1. The summed E-state index contributed by atoms with van der Waals surface area (Å²) >= 11 is 0. The molecule has 154 valence electrons. The van der Waals surface area contributed by atoms with E-state index in [1.54, 1.807) is 30.1 Å². The predicted octanol–water partition coefficient (Wildman–Crippen LogP) is 2.86. The van der Waals surface area contributed by atoms with Crippen LogP contribution in [-0.4, -0.2) is 27.1 Å². The maximum atomic E-state index is 12.1. The van der Waals surface area contributed by atoms with Crippen molar-refractivity contribution < 1.29 is 4.74 Å². The lowest BCUT2D eigenvalue weighted by Crippen LogP contribution is -2.13. The molecule has 4 aromatic rings. The molecular formula is C23H20N6O2. The van der Waals surface area contributed by atoms with E-state index < -0.39 is 0 Å². The molecule has 0 fully saturated rings. The molecule has 0 radical (unpaired) electrons. The van der Waals surface area contributed by atoms with Gasteiger partial charge in [0.2, 0.25) is 0 Å². The van der Waals surface area contributed by atoms with Gasteiger partial charge < -0.3 is 10.5 Å². The smallest absolute Gasteiger partial charge is 0.272 e. The zero-order chi connectivity index (χ0) is 22.0. The van der Waals surface area contributed by atoms with Crippen molar-refractivity contribution in [3.05, 3.63) is 76.0 Å². The standard InChI is InChI=1S/C23H20N6O2/c1-29-22(10-16(11-24)14-4-3-5-17(8-14)31-2)20(13-26-29)15-6-7-18-19(9-15)21(12-25)27-28-23(18)30/h3-10,13H,12,25H2,1-2H3,(H,28,30)/b16-10+. The van der Waals surface area contributed by atoms with Gasteiger partial charge in [-0.1, -0.05) is 18.2 Å². The Kier molecular flexibility index (Phi) is 5.35. The first-order valence-corrected chi connectivity index (χ1v) is 9.55. The largest absolute Gasteiger partial charge is 0.497 e. The van der Waals surface area contributed by atoms with Crippen molar-refractivity contribution in [2.75, 3.05) is 7.11 Å². The number of allylic oxidation sites excluding steroid dienone is 1. The van der Waals surface area contributed by atoms with E-state index in [1.165, 1.54) is 0 Å². The van der Waals surface area contributed by atoms with E-state index in [-0.39, 0.29) is 12.1 Å². The third-order valence-electron chi connectivity index (χ3n) is 5.14. The summed E-state index contributed by atoms with van der Waals surface area (Å²) in [4.78, 5) is 12.1. The van der Waals surface area contributed by atoms with Crippen LogP contribution in [0.15, 0.2) is 53.5 Å². The Morgan fingerprint density at radius 1 is 1.29 bits per heavy atom. The molecule has 0 saturated carbocycles. The molecule has 2 aromatic carbocycles. The number of fused-ring (bicyclic) bond motifs is 1. The van der Waals surface area contributed by atoms with Gasteiger partial charge in [-0.15, -0.1) is 0 Å². The van der Waals surface area contributed by atoms with Crippen LogP contribution in [0.2, 0.25) is 0 Å². The molecule has 2 aromatic heterocycles. The minimum atomic E-state index is -0.269. The Labute approximate surface area is 178 Å². The van der Waals surface area contributed by atoms with Gasteiger partial charge in [0.1, 0.15) is 5.75 Å². The number of ether oxygens (including phenoxy) is 1. The van der Waals surface area contributed by atoms with Gasteiger partial charge in [0.25, 0.3) is 5.56 Å². The van der Waals surface area contributed by atoms with Gasteiger partial charge in [0.05, 0.1) is 41.7 Å². The van der Waals surface area contributed by atoms with Gasteiger partial charge in [-0.3, -0.25) is 9.48 Å². The first-order valence-electron chi connectivity index (χ1n) is 9.55. The van der Waals surface area contributed by atoms with Crippen LogP contribution in [0, 0.1) is 11.3 Å². The third-order valence-corrected chi connectivity index (χ3v) is 5.14. The summed E-state index contributed by atoms with van der Waals surface area (Å²) in [5.41, 5.74) is 9.78. The van der Waals surface area contributed by atoms with Crippen molar-refractivity contribution in [1.29, 1.82) is 5.26 Å². The number of hydrogen-bond acceptors (Lipinski definition) is 6. The number of nitrogens with two attached hydrogens (primary N) is 1. The number of H-pyrrole nitrogens is 1. The number of benzene rings is 2. The maximum Gasteiger partial charge on any atom is 0.272 e. The van der Waals surface area contributed by atoms with Crippen LogP contribution in [-0.2, 0) is 13.6 Å². The van der Waals surface area contributed by atoms with Crippen LogP contribution >= 0.6 is 0 Å². The summed E-state index contributed by atoms with van der Waals surface area (Å²) in [5.74, 6) is 0.672. The molecule has 0 unspecified atom stereocenters. The molecular weight excluding hydrogens is 392 g/mol. The lowest BCUT2D eigenvalue weighted by atomic mass is 9.99. The molecule has 8 heteroatoms. The second-order valence-corrected chi connectivity index (χ2v) is 6.93. The number of nitrogens with zero attached hydrogens (tertiary/aromatic N) is 4. The number of methoxy groups -OCH3 is 1. The number of hydrogen-bond donors (Lipinski definition) is 2. The predicted molar refractivity (Wildman–Crippen MR) is 119 cm³/mol. The number of rotatable bonds is 5. The summed E-state index contributed by atoms with van der Waals surface area (Å²) in [6.45, 7) is 0.199. The number of aromatic amines is 1. The fourth-order valence-corrected chi connectivity index (χ4v) is 3.49. The first-order chi connectivity index (χ1) is 15.0. The molecule has 0 atom stereocenters. The van der Waals surface area contributed by atoms with Crippen molar-refractivity contribution in [3.63, 3.8) is 0 Å². The monoisotopic (exact) mass is 412 g/mol. The third kappa shape index (κ3) is 3.70. The molecule has 31 heavy (non-hydrogen) atoms.